The van der Waals surface area contributed by atoms with E-state index in [-0.39, 0.29) is 17.7 Å². The minimum Gasteiger partial charge on any atom is -0.446 e. The van der Waals surface area contributed by atoms with Crippen molar-refractivity contribution in [3.8, 4) is 11.6 Å². The maximum atomic E-state index is 12.1. The van der Waals surface area contributed by atoms with Crippen LogP contribution in [0.15, 0.2) is 56.7 Å². The van der Waals surface area contributed by atoms with Crippen LogP contribution in [-0.2, 0) is 11.3 Å². The molecule has 1 fully saturated rings. The molecule has 0 saturated heterocycles. The molecule has 1 aliphatic carbocycles. The first-order valence-corrected chi connectivity index (χ1v) is 10.8. The lowest BCUT2D eigenvalue weighted by atomic mass is 10.2. The quantitative estimate of drug-likeness (QED) is 0.507. The molecule has 2 aromatic heterocycles. The summed E-state index contributed by atoms with van der Waals surface area (Å²) in [4.78, 5) is 23.8. The molecular formula is C19H18BrN5O3S. The molecule has 1 aliphatic rings. The largest absolute Gasteiger partial charge is 0.446 e. The molecule has 2 N–H and O–H groups in total. The molecule has 3 aromatic rings. The van der Waals surface area contributed by atoms with Crippen molar-refractivity contribution in [3.05, 3.63) is 52.7 Å². The lowest BCUT2D eigenvalue weighted by Gasteiger charge is -2.09. The van der Waals surface area contributed by atoms with Crippen LogP contribution >= 0.6 is 27.7 Å². The second-order valence-corrected chi connectivity index (χ2v) is 8.29. The van der Waals surface area contributed by atoms with Gasteiger partial charge in [0.15, 0.2) is 15.6 Å². The Balaban J connectivity index is 1.48. The van der Waals surface area contributed by atoms with Gasteiger partial charge in [0.2, 0.25) is 11.7 Å². The monoisotopic (exact) mass is 475 g/mol. The highest BCUT2D eigenvalue weighted by Gasteiger charge is 2.24. The first kappa shape index (κ1) is 19.7. The summed E-state index contributed by atoms with van der Waals surface area (Å²) in [7, 11) is 0. The highest BCUT2D eigenvalue weighted by molar-refractivity contribution is 9.10. The van der Waals surface area contributed by atoms with E-state index in [9.17, 15) is 9.59 Å². The number of halogens is 1. The summed E-state index contributed by atoms with van der Waals surface area (Å²) in [6.45, 7) is 0.521. The van der Waals surface area contributed by atoms with Gasteiger partial charge in [-0.05, 0) is 46.5 Å². The molecule has 8 nitrogen and oxygen atoms in total. The van der Waals surface area contributed by atoms with Crippen LogP contribution in [0.5, 0.6) is 0 Å². The number of benzene rings is 1. The lowest BCUT2D eigenvalue weighted by Crippen LogP contribution is -2.41. The molecule has 0 spiro atoms. The SMILES string of the molecule is O=C(CSc1nnc(-c2ccc(Br)o2)n1Cc1ccccc1)NC(=O)NC1CC1. The van der Waals surface area contributed by atoms with Crippen molar-refractivity contribution in [2.75, 3.05) is 5.75 Å². The third-order valence-corrected chi connectivity index (χ3v) is 5.58. The number of aromatic nitrogens is 3. The lowest BCUT2D eigenvalue weighted by molar-refractivity contribution is -0.117. The number of urea groups is 1. The van der Waals surface area contributed by atoms with E-state index in [1.165, 1.54) is 11.8 Å². The van der Waals surface area contributed by atoms with Gasteiger partial charge in [-0.3, -0.25) is 14.7 Å². The predicted molar refractivity (Wildman–Crippen MR) is 111 cm³/mol. The van der Waals surface area contributed by atoms with Gasteiger partial charge in [0.1, 0.15) is 0 Å². The van der Waals surface area contributed by atoms with Gasteiger partial charge >= 0.3 is 6.03 Å². The van der Waals surface area contributed by atoms with Crippen LogP contribution in [0.2, 0.25) is 0 Å². The van der Waals surface area contributed by atoms with Crippen LogP contribution in [-0.4, -0.2) is 38.5 Å². The maximum absolute atomic E-state index is 12.1. The molecule has 1 aromatic carbocycles. The zero-order chi connectivity index (χ0) is 20.2. The van der Waals surface area contributed by atoms with Crippen molar-refractivity contribution < 1.29 is 14.0 Å². The van der Waals surface area contributed by atoms with E-state index in [2.05, 4.69) is 36.8 Å². The van der Waals surface area contributed by atoms with Crippen molar-refractivity contribution in [3.63, 3.8) is 0 Å². The number of imide groups is 1. The van der Waals surface area contributed by atoms with Crippen molar-refractivity contribution in [2.24, 2.45) is 0 Å². The van der Waals surface area contributed by atoms with Gasteiger partial charge in [0.05, 0.1) is 12.3 Å². The fraction of sp³-hybridized carbons (Fsp3) is 0.263. The second-order valence-electron chi connectivity index (χ2n) is 6.57. The Morgan fingerprint density at radius 2 is 1.97 bits per heavy atom. The van der Waals surface area contributed by atoms with Crippen LogP contribution in [0, 0.1) is 0 Å². The number of carbonyl (C=O) groups excluding carboxylic acids is 2. The van der Waals surface area contributed by atoms with E-state index in [4.69, 9.17) is 4.42 Å². The molecule has 0 aliphatic heterocycles. The topological polar surface area (TPSA) is 102 Å². The van der Waals surface area contributed by atoms with Gasteiger partial charge in [-0.2, -0.15) is 0 Å². The van der Waals surface area contributed by atoms with Crippen molar-refractivity contribution in [1.82, 2.24) is 25.4 Å². The summed E-state index contributed by atoms with van der Waals surface area (Å²) in [5.41, 5.74) is 1.06. The minimum absolute atomic E-state index is 0.0485. The van der Waals surface area contributed by atoms with Crippen LogP contribution in [0.4, 0.5) is 4.79 Å². The first-order chi connectivity index (χ1) is 14.1. The van der Waals surface area contributed by atoms with E-state index in [1.807, 2.05) is 34.9 Å². The molecule has 0 bridgehead atoms. The van der Waals surface area contributed by atoms with E-state index in [1.54, 1.807) is 12.1 Å². The maximum Gasteiger partial charge on any atom is 0.321 e. The summed E-state index contributed by atoms with van der Waals surface area (Å²) in [5.74, 6) is 0.798. The minimum atomic E-state index is -0.454. The van der Waals surface area contributed by atoms with E-state index >= 15 is 0 Å². The molecule has 1 saturated carbocycles. The number of rotatable bonds is 7. The summed E-state index contributed by atoms with van der Waals surface area (Å²) in [6.07, 6.45) is 1.93. The number of thioether (sulfide) groups is 1. The van der Waals surface area contributed by atoms with Crippen LogP contribution in [0.3, 0.4) is 0 Å². The van der Waals surface area contributed by atoms with Crippen LogP contribution in [0.25, 0.3) is 11.6 Å². The number of nitrogens with one attached hydrogen (secondary N) is 2. The number of hydrogen-bond acceptors (Lipinski definition) is 6. The highest BCUT2D eigenvalue weighted by Crippen LogP contribution is 2.28. The first-order valence-electron chi connectivity index (χ1n) is 9.04. The Kier molecular flexibility index (Phi) is 6.00. The van der Waals surface area contributed by atoms with Gasteiger partial charge < -0.3 is 9.73 Å². The van der Waals surface area contributed by atoms with Crippen LogP contribution in [0.1, 0.15) is 18.4 Å². The van der Waals surface area contributed by atoms with Crippen molar-refractivity contribution >= 4 is 39.6 Å². The molecular weight excluding hydrogens is 458 g/mol. The summed E-state index contributed by atoms with van der Waals surface area (Å²) in [5, 5.41) is 14.1. The Bertz CT molecular complexity index is 1020. The second kappa shape index (κ2) is 8.83. The average Bonchev–Trinajstić information content (AvgIpc) is 3.26. The molecule has 150 valence electrons. The summed E-state index contributed by atoms with van der Waals surface area (Å²) < 4.78 is 8.12. The molecule has 0 unspecified atom stereocenters. The molecule has 4 rings (SSSR count). The Morgan fingerprint density at radius 3 is 2.66 bits per heavy atom. The zero-order valence-corrected chi connectivity index (χ0v) is 17.7. The Labute approximate surface area is 179 Å². The normalized spacial score (nSPS) is 13.3. The molecule has 0 radical (unpaired) electrons. The molecule has 29 heavy (non-hydrogen) atoms. The fourth-order valence-electron chi connectivity index (χ4n) is 2.66. The van der Waals surface area contributed by atoms with E-state index in [0.717, 1.165) is 18.4 Å². The summed E-state index contributed by atoms with van der Waals surface area (Å²) in [6, 6.07) is 13.2. The fourth-order valence-corrected chi connectivity index (χ4v) is 3.71. The van der Waals surface area contributed by atoms with Gasteiger partial charge in [-0.25, -0.2) is 4.79 Å². The molecule has 2 heterocycles. The number of carbonyl (C=O) groups is 2. The average molecular weight is 476 g/mol. The van der Waals surface area contributed by atoms with Gasteiger partial charge in [-0.15, -0.1) is 10.2 Å². The highest BCUT2D eigenvalue weighted by atomic mass is 79.9. The summed E-state index contributed by atoms with van der Waals surface area (Å²) >= 11 is 4.52. The van der Waals surface area contributed by atoms with Gasteiger partial charge in [-0.1, -0.05) is 42.1 Å². The van der Waals surface area contributed by atoms with Crippen molar-refractivity contribution in [1.29, 1.82) is 0 Å². The van der Waals surface area contributed by atoms with Gasteiger partial charge in [0.25, 0.3) is 0 Å². The number of hydrogen-bond donors (Lipinski definition) is 2. The zero-order valence-electron chi connectivity index (χ0n) is 15.3. The van der Waals surface area contributed by atoms with Gasteiger partial charge in [0, 0.05) is 6.04 Å². The molecule has 3 amide bonds. The van der Waals surface area contributed by atoms with E-state index in [0.29, 0.717) is 28.0 Å². The molecule has 10 heteroatoms. The van der Waals surface area contributed by atoms with E-state index < -0.39 is 6.03 Å². The Morgan fingerprint density at radius 1 is 1.17 bits per heavy atom. The van der Waals surface area contributed by atoms with Crippen molar-refractivity contribution in [2.45, 2.75) is 30.6 Å². The number of amides is 3. The molecule has 0 atom stereocenters. The number of nitrogens with zero attached hydrogens (tertiary/aromatic N) is 3. The standard InChI is InChI=1S/C19H18BrN5O3S/c20-15-9-8-14(28-15)17-23-24-19(25(17)10-12-4-2-1-3-5-12)29-11-16(26)22-18(27)21-13-6-7-13/h1-5,8-9,13H,6-7,10-11H2,(H2,21,22,26,27). The smallest absolute Gasteiger partial charge is 0.321 e. The third kappa shape index (κ3) is 5.27. The third-order valence-electron chi connectivity index (χ3n) is 4.19. The predicted octanol–water partition coefficient (Wildman–Crippen LogP) is 3.43. The Hall–Kier alpha value is -2.59. The van der Waals surface area contributed by atoms with Crippen LogP contribution < -0.4 is 10.6 Å². The number of furan rings is 1.